The molecule has 1 fully saturated rings. The minimum atomic E-state index is -1.53. The van der Waals surface area contributed by atoms with Crippen molar-refractivity contribution in [2.45, 2.75) is 30.6 Å². The fourth-order valence-electron chi connectivity index (χ4n) is 2.62. The molecule has 0 saturated carbocycles. The maximum atomic E-state index is 12.3. The highest BCUT2D eigenvalue weighted by molar-refractivity contribution is 5.98. The zero-order valence-corrected chi connectivity index (χ0v) is 12.1. The van der Waals surface area contributed by atoms with E-state index < -0.39 is 43.2 Å². The lowest BCUT2D eigenvalue weighted by Gasteiger charge is -2.40. The van der Waals surface area contributed by atoms with Crippen LogP contribution in [0.25, 0.3) is 10.9 Å². The van der Waals surface area contributed by atoms with E-state index in [1.165, 1.54) is 0 Å². The number of aromatic nitrogens is 1. The highest BCUT2D eigenvalue weighted by Gasteiger charge is 2.44. The van der Waals surface area contributed by atoms with Crippen molar-refractivity contribution in [2.24, 2.45) is 0 Å². The van der Waals surface area contributed by atoms with Crippen LogP contribution in [0, 0.1) is 0 Å². The fraction of sp³-hybridized carbons (Fsp3) is 0.400. The van der Waals surface area contributed by atoms with Gasteiger partial charge in [-0.05, 0) is 12.1 Å². The molecule has 0 bridgehead atoms. The Morgan fingerprint density at radius 3 is 2.61 bits per heavy atom. The lowest BCUT2D eigenvalue weighted by Crippen LogP contribution is -2.63. The summed E-state index contributed by atoms with van der Waals surface area (Å²) < 4.78 is 5.24. The Labute approximate surface area is 131 Å². The summed E-state index contributed by atoms with van der Waals surface area (Å²) in [6, 6.07) is 8.98. The van der Waals surface area contributed by atoms with Gasteiger partial charge >= 0.3 is 0 Å². The topological polar surface area (TPSA) is 135 Å². The molecule has 8 nitrogen and oxygen atoms in total. The Bertz CT molecular complexity index is 667. The van der Waals surface area contributed by atoms with Crippen LogP contribution < -0.4 is 5.32 Å². The molecule has 0 spiro atoms. The lowest BCUT2D eigenvalue weighted by molar-refractivity contribution is -0.233. The number of ether oxygens (including phenoxy) is 1. The minimum Gasteiger partial charge on any atom is -0.394 e. The zero-order chi connectivity index (χ0) is 16.6. The van der Waals surface area contributed by atoms with E-state index in [0.717, 1.165) is 10.9 Å². The predicted octanol–water partition coefficient (Wildman–Crippen LogP) is -1.30. The Morgan fingerprint density at radius 2 is 1.91 bits per heavy atom. The number of amides is 1. The average Bonchev–Trinajstić information content (AvgIpc) is 2.99. The van der Waals surface area contributed by atoms with Gasteiger partial charge in [0.05, 0.1) is 6.61 Å². The molecule has 1 aromatic heterocycles. The second-order valence-electron chi connectivity index (χ2n) is 5.49. The van der Waals surface area contributed by atoms with Gasteiger partial charge in [0.2, 0.25) is 0 Å². The number of carbonyl (C=O) groups is 1. The van der Waals surface area contributed by atoms with Crippen molar-refractivity contribution in [1.29, 1.82) is 0 Å². The van der Waals surface area contributed by atoms with E-state index in [1.807, 2.05) is 24.3 Å². The SMILES string of the molecule is O=C(N[C@@H]1O[C@H](CO)[C@@H](O)[C@H](O)[C@H]1O)c1cc2ccccc2[nH]1. The minimum absolute atomic E-state index is 0.267. The number of aliphatic hydroxyl groups excluding tert-OH is 4. The van der Waals surface area contributed by atoms with Crippen LogP contribution >= 0.6 is 0 Å². The smallest absolute Gasteiger partial charge is 0.269 e. The Morgan fingerprint density at radius 1 is 1.17 bits per heavy atom. The predicted molar refractivity (Wildman–Crippen MR) is 79.5 cm³/mol. The molecule has 6 N–H and O–H groups in total. The summed E-state index contributed by atoms with van der Waals surface area (Å²) in [7, 11) is 0. The maximum absolute atomic E-state index is 12.3. The lowest BCUT2D eigenvalue weighted by atomic mass is 9.98. The van der Waals surface area contributed by atoms with E-state index in [4.69, 9.17) is 9.84 Å². The molecule has 5 atom stereocenters. The molecule has 0 unspecified atom stereocenters. The van der Waals surface area contributed by atoms with E-state index >= 15 is 0 Å². The molecule has 2 aromatic rings. The number of fused-ring (bicyclic) bond motifs is 1. The van der Waals surface area contributed by atoms with Gasteiger partial charge in [0.1, 0.15) is 30.1 Å². The van der Waals surface area contributed by atoms with Gasteiger partial charge in [-0.25, -0.2) is 0 Å². The maximum Gasteiger partial charge on any atom is 0.269 e. The molecule has 1 aliphatic heterocycles. The largest absolute Gasteiger partial charge is 0.394 e. The summed E-state index contributed by atoms with van der Waals surface area (Å²) in [4.78, 5) is 15.2. The van der Waals surface area contributed by atoms with Gasteiger partial charge in [-0.2, -0.15) is 0 Å². The first kappa shape index (κ1) is 15.9. The van der Waals surface area contributed by atoms with Crippen LogP contribution in [0.3, 0.4) is 0 Å². The molecule has 1 saturated heterocycles. The molecular formula is C15H18N2O6. The second-order valence-corrected chi connectivity index (χ2v) is 5.49. The number of para-hydroxylation sites is 1. The van der Waals surface area contributed by atoms with E-state index in [9.17, 15) is 20.1 Å². The van der Waals surface area contributed by atoms with Gasteiger partial charge in [0.25, 0.3) is 5.91 Å². The molecule has 1 amide bonds. The van der Waals surface area contributed by atoms with Crippen molar-refractivity contribution in [2.75, 3.05) is 6.61 Å². The first-order valence-electron chi connectivity index (χ1n) is 7.20. The molecule has 23 heavy (non-hydrogen) atoms. The molecule has 3 rings (SSSR count). The van der Waals surface area contributed by atoms with E-state index in [1.54, 1.807) is 6.07 Å². The van der Waals surface area contributed by atoms with Gasteiger partial charge in [-0.15, -0.1) is 0 Å². The van der Waals surface area contributed by atoms with Gasteiger partial charge in [0.15, 0.2) is 6.23 Å². The van der Waals surface area contributed by atoms with Crippen molar-refractivity contribution in [3.63, 3.8) is 0 Å². The van der Waals surface area contributed by atoms with Gasteiger partial charge < -0.3 is 35.5 Å². The van der Waals surface area contributed by atoms with Crippen LogP contribution in [-0.4, -0.2) is 68.6 Å². The molecular weight excluding hydrogens is 304 g/mol. The monoisotopic (exact) mass is 322 g/mol. The molecule has 1 aliphatic rings. The number of carbonyl (C=O) groups excluding carboxylic acids is 1. The van der Waals surface area contributed by atoms with Gasteiger partial charge in [-0.1, -0.05) is 18.2 Å². The zero-order valence-electron chi connectivity index (χ0n) is 12.1. The van der Waals surface area contributed by atoms with Crippen molar-refractivity contribution < 1.29 is 30.0 Å². The highest BCUT2D eigenvalue weighted by atomic mass is 16.6. The van der Waals surface area contributed by atoms with E-state index in [2.05, 4.69) is 10.3 Å². The molecule has 0 aliphatic carbocycles. The number of nitrogens with one attached hydrogen (secondary N) is 2. The third-order valence-electron chi connectivity index (χ3n) is 3.94. The highest BCUT2D eigenvalue weighted by Crippen LogP contribution is 2.20. The number of hydrogen-bond acceptors (Lipinski definition) is 6. The Hall–Kier alpha value is -1.97. The molecule has 8 heteroatoms. The third kappa shape index (κ3) is 2.94. The molecule has 1 aromatic carbocycles. The van der Waals surface area contributed by atoms with Crippen molar-refractivity contribution >= 4 is 16.8 Å². The van der Waals surface area contributed by atoms with Crippen LogP contribution in [0.5, 0.6) is 0 Å². The van der Waals surface area contributed by atoms with Crippen LogP contribution in [0.4, 0.5) is 0 Å². The molecule has 2 heterocycles. The summed E-state index contributed by atoms with van der Waals surface area (Å²) >= 11 is 0. The molecule has 0 radical (unpaired) electrons. The third-order valence-corrected chi connectivity index (χ3v) is 3.94. The van der Waals surface area contributed by atoms with Gasteiger partial charge in [-0.3, -0.25) is 4.79 Å². The first-order valence-corrected chi connectivity index (χ1v) is 7.20. The Balaban J connectivity index is 1.76. The average molecular weight is 322 g/mol. The summed E-state index contributed by atoms with van der Waals surface area (Å²) in [6.45, 7) is -0.552. The van der Waals surface area contributed by atoms with Crippen LogP contribution in [0.15, 0.2) is 30.3 Å². The van der Waals surface area contributed by atoms with Crippen LogP contribution in [0.1, 0.15) is 10.5 Å². The molecule has 124 valence electrons. The summed E-state index contributed by atoms with van der Waals surface area (Å²) in [5.74, 6) is -0.537. The van der Waals surface area contributed by atoms with Crippen LogP contribution in [0.2, 0.25) is 0 Å². The Kier molecular flexibility index (Phi) is 4.33. The van der Waals surface area contributed by atoms with Gasteiger partial charge in [0, 0.05) is 10.9 Å². The standard InChI is InChI=1S/C15H18N2O6/c18-6-10-11(19)12(20)13(21)15(23-10)17-14(22)9-5-7-3-1-2-4-8(7)16-9/h1-5,10-13,15-16,18-21H,6H2,(H,17,22)/t10-,11-,12+,13-,15-/m1/s1. The number of hydrogen-bond donors (Lipinski definition) is 6. The second kappa shape index (κ2) is 6.26. The summed E-state index contributed by atoms with van der Waals surface area (Å²) in [6.07, 6.45) is -6.82. The summed E-state index contributed by atoms with van der Waals surface area (Å²) in [5, 5.41) is 41.8. The first-order chi connectivity index (χ1) is 11.0. The quantitative estimate of drug-likeness (QED) is 0.416. The number of rotatable bonds is 3. The van der Waals surface area contributed by atoms with Crippen molar-refractivity contribution in [3.8, 4) is 0 Å². The van der Waals surface area contributed by atoms with E-state index in [0.29, 0.717) is 0 Å². The van der Waals surface area contributed by atoms with Crippen LogP contribution in [-0.2, 0) is 4.74 Å². The van der Waals surface area contributed by atoms with Crippen molar-refractivity contribution in [3.05, 3.63) is 36.0 Å². The number of H-pyrrole nitrogens is 1. The summed E-state index contributed by atoms with van der Waals surface area (Å²) in [5.41, 5.74) is 1.05. The van der Waals surface area contributed by atoms with E-state index in [-0.39, 0.29) is 5.69 Å². The number of benzene rings is 1. The number of aromatic amines is 1. The fourth-order valence-corrected chi connectivity index (χ4v) is 2.62. The number of aliphatic hydroxyl groups is 4. The van der Waals surface area contributed by atoms with Crippen molar-refractivity contribution in [1.82, 2.24) is 10.3 Å². The normalized spacial score (nSPS) is 31.2.